The van der Waals surface area contributed by atoms with Crippen LogP contribution in [0.1, 0.15) is 11.1 Å². The van der Waals surface area contributed by atoms with Gasteiger partial charge in [-0.2, -0.15) is 0 Å². The molecule has 0 aromatic heterocycles. The van der Waals surface area contributed by atoms with Crippen LogP contribution in [-0.2, 0) is 17.7 Å². The fourth-order valence-corrected chi connectivity index (χ4v) is 3.53. The number of nitrogens with one attached hydrogen (secondary N) is 2. The minimum atomic E-state index is 0.712. The Morgan fingerprint density at radius 3 is 2.53 bits per heavy atom. The number of morpholine rings is 1. The van der Waals surface area contributed by atoms with Crippen molar-refractivity contribution in [3.05, 3.63) is 53.6 Å². The topological polar surface area (TPSA) is 67.4 Å². The van der Waals surface area contributed by atoms with E-state index in [1.165, 1.54) is 16.8 Å². The molecule has 7 heteroatoms. The summed E-state index contributed by atoms with van der Waals surface area (Å²) in [6.07, 6.45) is 0.853. The normalized spacial score (nSPS) is 14.4. The molecule has 2 aromatic rings. The quantitative estimate of drug-likeness (QED) is 0.513. The molecule has 2 N–H and O–H groups in total. The third-order valence-electron chi connectivity index (χ3n) is 5.17. The second kappa shape index (κ2) is 11.3. The molecule has 0 bridgehead atoms. The fraction of sp³-hybridized carbons (Fsp3) is 0.435. The summed E-state index contributed by atoms with van der Waals surface area (Å²) in [5.41, 5.74) is 3.68. The molecule has 0 atom stereocenters. The highest BCUT2D eigenvalue weighted by molar-refractivity contribution is 5.79. The van der Waals surface area contributed by atoms with Gasteiger partial charge in [-0.25, -0.2) is 0 Å². The highest BCUT2D eigenvalue weighted by Gasteiger charge is 2.14. The summed E-state index contributed by atoms with van der Waals surface area (Å²) >= 11 is 0. The van der Waals surface area contributed by atoms with E-state index in [2.05, 4.69) is 50.9 Å². The first kappa shape index (κ1) is 21.8. The molecule has 0 amide bonds. The second-order valence-corrected chi connectivity index (χ2v) is 7.02. The van der Waals surface area contributed by atoms with Crippen LogP contribution < -0.4 is 25.0 Å². The SMILES string of the molecule is CN=C(NCCc1ccc(OC)c(OC)c1)NCc1ccccc1N1CCOCC1. The standard InChI is InChI=1S/C23H32N4O3/c1-24-23(25-11-10-18-8-9-21(28-2)22(16-18)29-3)26-17-19-6-4-5-7-20(19)27-12-14-30-15-13-27/h4-9,16H,10-15,17H2,1-3H3,(H2,24,25,26). The van der Waals surface area contributed by atoms with Gasteiger partial charge in [-0.15, -0.1) is 0 Å². The van der Waals surface area contributed by atoms with E-state index in [1.54, 1.807) is 21.3 Å². The molecule has 1 saturated heterocycles. The first-order valence-electron chi connectivity index (χ1n) is 10.3. The average molecular weight is 413 g/mol. The van der Waals surface area contributed by atoms with Crippen molar-refractivity contribution in [1.29, 1.82) is 0 Å². The summed E-state index contributed by atoms with van der Waals surface area (Å²) in [6.45, 7) is 4.89. The van der Waals surface area contributed by atoms with Crippen LogP contribution in [0.25, 0.3) is 0 Å². The second-order valence-electron chi connectivity index (χ2n) is 7.02. The van der Waals surface area contributed by atoms with Gasteiger partial charge in [-0.3, -0.25) is 4.99 Å². The van der Waals surface area contributed by atoms with Gasteiger partial charge in [0.15, 0.2) is 17.5 Å². The number of benzene rings is 2. The molecule has 30 heavy (non-hydrogen) atoms. The number of rotatable bonds is 8. The van der Waals surface area contributed by atoms with Gasteiger partial charge < -0.3 is 29.7 Å². The number of nitrogens with zero attached hydrogens (tertiary/aromatic N) is 2. The molecule has 0 spiro atoms. The van der Waals surface area contributed by atoms with E-state index >= 15 is 0 Å². The summed E-state index contributed by atoms with van der Waals surface area (Å²) in [4.78, 5) is 6.74. The molecule has 0 radical (unpaired) electrons. The van der Waals surface area contributed by atoms with Gasteiger partial charge in [-0.1, -0.05) is 24.3 Å². The monoisotopic (exact) mass is 412 g/mol. The molecule has 0 saturated carbocycles. The summed E-state index contributed by atoms with van der Waals surface area (Å²) in [6, 6.07) is 14.5. The molecule has 7 nitrogen and oxygen atoms in total. The molecule has 1 aliphatic rings. The average Bonchev–Trinajstić information content (AvgIpc) is 2.81. The summed E-state index contributed by atoms with van der Waals surface area (Å²) < 4.78 is 16.2. The van der Waals surface area contributed by atoms with Crippen molar-refractivity contribution in [2.45, 2.75) is 13.0 Å². The fourth-order valence-electron chi connectivity index (χ4n) is 3.53. The van der Waals surface area contributed by atoms with Gasteiger partial charge >= 0.3 is 0 Å². The van der Waals surface area contributed by atoms with Crippen LogP contribution in [0, 0.1) is 0 Å². The highest BCUT2D eigenvalue weighted by Crippen LogP contribution is 2.27. The zero-order valence-electron chi connectivity index (χ0n) is 18.1. The Labute approximate surface area is 179 Å². The molecule has 0 aliphatic carbocycles. The third kappa shape index (κ3) is 5.79. The summed E-state index contributed by atoms with van der Waals surface area (Å²) in [5, 5.41) is 6.82. The molecule has 3 rings (SSSR count). The van der Waals surface area contributed by atoms with E-state index in [0.717, 1.165) is 56.7 Å². The number of methoxy groups -OCH3 is 2. The van der Waals surface area contributed by atoms with Gasteiger partial charge in [0.2, 0.25) is 0 Å². The van der Waals surface area contributed by atoms with E-state index in [0.29, 0.717) is 6.54 Å². The Morgan fingerprint density at radius 1 is 1.03 bits per heavy atom. The van der Waals surface area contributed by atoms with Crippen LogP contribution in [0.5, 0.6) is 11.5 Å². The zero-order valence-corrected chi connectivity index (χ0v) is 18.1. The summed E-state index contributed by atoms with van der Waals surface area (Å²) in [5.74, 6) is 2.27. The lowest BCUT2D eigenvalue weighted by Crippen LogP contribution is -2.39. The Hall–Kier alpha value is -2.93. The molecular formula is C23H32N4O3. The molecule has 1 heterocycles. The first-order valence-corrected chi connectivity index (χ1v) is 10.3. The number of ether oxygens (including phenoxy) is 3. The van der Waals surface area contributed by atoms with Crippen molar-refractivity contribution in [3.63, 3.8) is 0 Å². The lowest BCUT2D eigenvalue weighted by molar-refractivity contribution is 0.122. The molecule has 1 fully saturated rings. The predicted molar refractivity (Wildman–Crippen MR) is 121 cm³/mol. The van der Waals surface area contributed by atoms with E-state index in [-0.39, 0.29) is 0 Å². The molecule has 0 unspecified atom stereocenters. The van der Waals surface area contributed by atoms with Gasteiger partial charge in [0.1, 0.15) is 0 Å². The lowest BCUT2D eigenvalue weighted by atomic mass is 10.1. The number of para-hydroxylation sites is 1. The van der Waals surface area contributed by atoms with Crippen molar-refractivity contribution >= 4 is 11.6 Å². The number of hydrogen-bond donors (Lipinski definition) is 2. The van der Waals surface area contributed by atoms with Crippen LogP contribution in [0.15, 0.2) is 47.5 Å². The van der Waals surface area contributed by atoms with Crippen LogP contribution >= 0.6 is 0 Å². The van der Waals surface area contributed by atoms with Crippen LogP contribution in [-0.4, -0.2) is 60.1 Å². The van der Waals surface area contributed by atoms with E-state index in [9.17, 15) is 0 Å². The van der Waals surface area contributed by atoms with Crippen LogP contribution in [0.4, 0.5) is 5.69 Å². The van der Waals surface area contributed by atoms with Crippen molar-refractivity contribution in [2.75, 3.05) is 59.0 Å². The maximum Gasteiger partial charge on any atom is 0.191 e. The van der Waals surface area contributed by atoms with E-state index in [1.807, 2.05) is 12.1 Å². The van der Waals surface area contributed by atoms with E-state index < -0.39 is 0 Å². The van der Waals surface area contributed by atoms with Crippen molar-refractivity contribution in [1.82, 2.24) is 10.6 Å². The largest absolute Gasteiger partial charge is 0.493 e. The zero-order chi connectivity index (χ0) is 21.2. The lowest BCUT2D eigenvalue weighted by Gasteiger charge is -2.30. The van der Waals surface area contributed by atoms with Crippen LogP contribution in [0.2, 0.25) is 0 Å². The number of hydrogen-bond acceptors (Lipinski definition) is 5. The Morgan fingerprint density at radius 2 is 1.80 bits per heavy atom. The number of guanidine groups is 1. The maximum atomic E-state index is 5.48. The first-order chi connectivity index (χ1) is 14.7. The van der Waals surface area contributed by atoms with Crippen molar-refractivity contribution in [2.24, 2.45) is 4.99 Å². The smallest absolute Gasteiger partial charge is 0.191 e. The Kier molecular flexibility index (Phi) is 8.20. The Bertz CT molecular complexity index is 835. The minimum Gasteiger partial charge on any atom is -0.493 e. The summed E-state index contributed by atoms with van der Waals surface area (Å²) in [7, 11) is 5.09. The Balaban J connectivity index is 1.52. The van der Waals surface area contributed by atoms with Crippen molar-refractivity contribution < 1.29 is 14.2 Å². The van der Waals surface area contributed by atoms with Crippen LogP contribution in [0.3, 0.4) is 0 Å². The maximum absolute atomic E-state index is 5.48. The number of aliphatic imine (C=N–C) groups is 1. The van der Waals surface area contributed by atoms with E-state index in [4.69, 9.17) is 14.2 Å². The number of anilines is 1. The van der Waals surface area contributed by atoms with Gasteiger partial charge in [0.25, 0.3) is 0 Å². The van der Waals surface area contributed by atoms with Gasteiger partial charge in [0, 0.05) is 38.9 Å². The molecule has 162 valence electrons. The predicted octanol–water partition coefficient (Wildman–Crippen LogP) is 2.45. The third-order valence-corrected chi connectivity index (χ3v) is 5.17. The van der Waals surface area contributed by atoms with Gasteiger partial charge in [-0.05, 0) is 35.7 Å². The molecular weight excluding hydrogens is 380 g/mol. The van der Waals surface area contributed by atoms with Gasteiger partial charge in [0.05, 0.1) is 27.4 Å². The van der Waals surface area contributed by atoms with Crippen molar-refractivity contribution in [3.8, 4) is 11.5 Å². The minimum absolute atomic E-state index is 0.712. The molecule has 2 aromatic carbocycles. The highest BCUT2D eigenvalue weighted by atomic mass is 16.5. The molecule has 1 aliphatic heterocycles.